The number of nitrogens with one attached hydrogen (secondary N) is 1. The third-order valence-electron chi connectivity index (χ3n) is 3.86. The summed E-state index contributed by atoms with van der Waals surface area (Å²) >= 11 is 0. The lowest BCUT2D eigenvalue weighted by atomic mass is 9.95. The van der Waals surface area contributed by atoms with E-state index in [1.165, 1.54) is 0 Å². The van der Waals surface area contributed by atoms with Crippen molar-refractivity contribution in [3.63, 3.8) is 0 Å². The average molecular weight is 262 g/mol. The summed E-state index contributed by atoms with van der Waals surface area (Å²) in [6, 6.07) is 6.17. The van der Waals surface area contributed by atoms with Gasteiger partial charge in [0.25, 0.3) is 0 Å². The van der Waals surface area contributed by atoms with Gasteiger partial charge in [-0.1, -0.05) is 17.7 Å². The number of rotatable bonds is 3. The van der Waals surface area contributed by atoms with E-state index in [1.54, 1.807) is 7.05 Å². The van der Waals surface area contributed by atoms with E-state index < -0.39 is 0 Å². The number of amides is 1. The summed E-state index contributed by atoms with van der Waals surface area (Å²) in [5, 5.41) is 12.2. The summed E-state index contributed by atoms with van der Waals surface area (Å²) in [5.74, 6) is 0.273. The van der Waals surface area contributed by atoms with Crippen LogP contribution < -0.4 is 10.2 Å². The predicted octanol–water partition coefficient (Wildman–Crippen LogP) is 1.45. The van der Waals surface area contributed by atoms with Gasteiger partial charge in [0.15, 0.2) is 0 Å². The van der Waals surface area contributed by atoms with Crippen molar-refractivity contribution >= 4 is 11.6 Å². The smallest absolute Gasteiger partial charge is 0.222 e. The maximum absolute atomic E-state index is 11.6. The van der Waals surface area contributed by atoms with Gasteiger partial charge in [0, 0.05) is 37.3 Å². The predicted molar refractivity (Wildman–Crippen MR) is 76.1 cm³/mol. The average Bonchev–Trinajstić information content (AvgIpc) is 2.46. The first-order valence-corrected chi connectivity index (χ1v) is 6.82. The Hall–Kier alpha value is -1.55. The Labute approximate surface area is 114 Å². The van der Waals surface area contributed by atoms with Gasteiger partial charge in [-0.25, -0.2) is 0 Å². The molecule has 0 atom stereocenters. The maximum atomic E-state index is 11.6. The van der Waals surface area contributed by atoms with Crippen molar-refractivity contribution in [1.29, 1.82) is 0 Å². The van der Waals surface area contributed by atoms with Gasteiger partial charge in [-0.15, -0.1) is 0 Å². The molecule has 1 amide bonds. The van der Waals surface area contributed by atoms with Gasteiger partial charge in [0.1, 0.15) is 0 Å². The monoisotopic (exact) mass is 262 g/mol. The molecule has 0 bridgehead atoms. The highest BCUT2D eigenvalue weighted by atomic mass is 16.3. The van der Waals surface area contributed by atoms with Crippen LogP contribution in [-0.2, 0) is 11.4 Å². The third-order valence-corrected chi connectivity index (χ3v) is 3.86. The van der Waals surface area contributed by atoms with Crippen molar-refractivity contribution < 1.29 is 9.90 Å². The molecule has 0 spiro atoms. The molecule has 104 valence electrons. The van der Waals surface area contributed by atoms with Crippen molar-refractivity contribution in [2.24, 2.45) is 5.92 Å². The Morgan fingerprint density at radius 1 is 1.42 bits per heavy atom. The molecular weight excluding hydrogens is 240 g/mol. The summed E-state index contributed by atoms with van der Waals surface area (Å²) < 4.78 is 0. The Kier molecular flexibility index (Phi) is 4.43. The first-order valence-electron chi connectivity index (χ1n) is 6.82. The highest BCUT2D eigenvalue weighted by Crippen LogP contribution is 2.27. The van der Waals surface area contributed by atoms with E-state index >= 15 is 0 Å². The third kappa shape index (κ3) is 3.07. The van der Waals surface area contributed by atoms with Crippen LogP contribution in [0.2, 0.25) is 0 Å². The van der Waals surface area contributed by atoms with Gasteiger partial charge in [0.2, 0.25) is 5.91 Å². The largest absolute Gasteiger partial charge is 0.392 e. The maximum Gasteiger partial charge on any atom is 0.222 e. The fourth-order valence-electron chi connectivity index (χ4n) is 2.74. The highest BCUT2D eigenvalue weighted by molar-refractivity contribution is 5.78. The fraction of sp³-hybridized carbons (Fsp3) is 0.533. The van der Waals surface area contributed by atoms with Gasteiger partial charge >= 0.3 is 0 Å². The molecule has 4 nitrogen and oxygen atoms in total. The molecule has 2 rings (SSSR count). The minimum atomic E-state index is 0.0619. The van der Waals surface area contributed by atoms with Crippen molar-refractivity contribution in [2.75, 3.05) is 25.0 Å². The number of benzene rings is 1. The second-order valence-electron chi connectivity index (χ2n) is 5.17. The van der Waals surface area contributed by atoms with Crippen LogP contribution in [0, 0.1) is 12.8 Å². The van der Waals surface area contributed by atoms with Crippen LogP contribution in [0.1, 0.15) is 24.0 Å². The van der Waals surface area contributed by atoms with E-state index in [9.17, 15) is 9.90 Å². The van der Waals surface area contributed by atoms with Crippen LogP contribution in [0.25, 0.3) is 0 Å². The van der Waals surface area contributed by atoms with Crippen molar-refractivity contribution in [1.82, 2.24) is 5.32 Å². The van der Waals surface area contributed by atoms with E-state index in [0.717, 1.165) is 42.7 Å². The first kappa shape index (κ1) is 13.9. The molecule has 1 heterocycles. The molecule has 1 saturated heterocycles. The van der Waals surface area contributed by atoms with Crippen molar-refractivity contribution in [3.05, 3.63) is 29.3 Å². The minimum Gasteiger partial charge on any atom is -0.392 e. The molecule has 0 aromatic heterocycles. The molecule has 0 unspecified atom stereocenters. The number of piperidine rings is 1. The van der Waals surface area contributed by atoms with Gasteiger partial charge in [-0.2, -0.15) is 0 Å². The van der Waals surface area contributed by atoms with Crippen LogP contribution in [0.15, 0.2) is 18.2 Å². The fourth-order valence-corrected chi connectivity index (χ4v) is 2.74. The van der Waals surface area contributed by atoms with Crippen LogP contribution >= 0.6 is 0 Å². The molecule has 0 saturated carbocycles. The molecule has 1 aromatic carbocycles. The molecule has 1 aromatic rings. The van der Waals surface area contributed by atoms with Gasteiger partial charge in [0.05, 0.1) is 6.61 Å². The number of hydrogen-bond acceptors (Lipinski definition) is 3. The molecule has 4 heteroatoms. The minimum absolute atomic E-state index is 0.0619. The SMILES string of the molecule is CNC(=O)C1CCN(c2ccc(C)cc2CO)CC1. The molecule has 0 radical (unpaired) electrons. The van der Waals surface area contributed by atoms with Crippen molar-refractivity contribution in [2.45, 2.75) is 26.4 Å². The zero-order valence-corrected chi connectivity index (χ0v) is 11.6. The van der Waals surface area contributed by atoms with E-state index in [4.69, 9.17) is 0 Å². The van der Waals surface area contributed by atoms with E-state index in [2.05, 4.69) is 22.3 Å². The summed E-state index contributed by atoms with van der Waals surface area (Å²) in [5.41, 5.74) is 3.23. The normalized spacial score (nSPS) is 16.5. The standard InChI is InChI=1S/C15H22N2O2/c1-11-3-4-14(13(9-11)10-18)17-7-5-12(6-8-17)15(19)16-2/h3-4,9,12,18H,5-8,10H2,1-2H3,(H,16,19). The Balaban J connectivity index is 2.07. The molecule has 0 aliphatic carbocycles. The lowest BCUT2D eigenvalue weighted by Crippen LogP contribution is -2.39. The zero-order valence-electron chi connectivity index (χ0n) is 11.6. The lowest BCUT2D eigenvalue weighted by molar-refractivity contribution is -0.125. The number of aryl methyl sites for hydroxylation is 1. The molecule has 1 fully saturated rings. The zero-order chi connectivity index (χ0) is 13.8. The van der Waals surface area contributed by atoms with Crippen LogP contribution in [0.3, 0.4) is 0 Å². The van der Waals surface area contributed by atoms with Crippen LogP contribution in [0.4, 0.5) is 5.69 Å². The number of nitrogens with zero attached hydrogens (tertiary/aromatic N) is 1. The summed E-state index contributed by atoms with van der Waals surface area (Å²) in [7, 11) is 1.69. The van der Waals surface area contributed by atoms with Crippen LogP contribution in [-0.4, -0.2) is 31.2 Å². The van der Waals surface area contributed by atoms with Gasteiger partial charge in [-0.3, -0.25) is 4.79 Å². The number of aliphatic hydroxyl groups is 1. The Bertz CT molecular complexity index is 451. The number of carbonyl (C=O) groups excluding carboxylic acids is 1. The van der Waals surface area contributed by atoms with Gasteiger partial charge in [-0.05, 0) is 25.8 Å². The first-order chi connectivity index (χ1) is 9.15. The second kappa shape index (κ2) is 6.06. The summed E-state index contributed by atoms with van der Waals surface area (Å²) in [4.78, 5) is 13.9. The van der Waals surface area contributed by atoms with Gasteiger partial charge < -0.3 is 15.3 Å². The number of hydrogen-bond donors (Lipinski definition) is 2. The number of anilines is 1. The molecule has 19 heavy (non-hydrogen) atoms. The molecule has 2 N–H and O–H groups in total. The molecular formula is C15H22N2O2. The molecule has 1 aliphatic heterocycles. The quantitative estimate of drug-likeness (QED) is 0.867. The summed E-state index contributed by atoms with van der Waals surface area (Å²) in [6.07, 6.45) is 1.75. The highest BCUT2D eigenvalue weighted by Gasteiger charge is 2.25. The lowest BCUT2D eigenvalue weighted by Gasteiger charge is -2.34. The van der Waals surface area contributed by atoms with E-state index in [-0.39, 0.29) is 18.4 Å². The van der Waals surface area contributed by atoms with E-state index in [1.807, 2.05) is 13.0 Å². The van der Waals surface area contributed by atoms with Crippen molar-refractivity contribution in [3.8, 4) is 0 Å². The number of aliphatic hydroxyl groups excluding tert-OH is 1. The second-order valence-corrected chi connectivity index (χ2v) is 5.17. The Morgan fingerprint density at radius 2 is 2.11 bits per heavy atom. The number of carbonyl (C=O) groups is 1. The Morgan fingerprint density at radius 3 is 2.68 bits per heavy atom. The van der Waals surface area contributed by atoms with E-state index in [0.29, 0.717) is 0 Å². The summed E-state index contributed by atoms with van der Waals surface area (Å²) in [6.45, 7) is 3.83. The van der Waals surface area contributed by atoms with Crippen LogP contribution in [0.5, 0.6) is 0 Å². The topological polar surface area (TPSA) is 52.6 Å². The molecule has 1 aliphatic rings.